The molecule has 1 aromatic carbocycles. The van der Waals surface area contributed by atoms with Crippen molar-refractivity contribution in [2.24, 2.45) is 5.41 Å². The Morgan fingerprint density at radius 2 is 2.10 bits per heavy atom. The van der Waals surface area contributed by atoms with Gasteiger partial charge in [0, 0.05) is 25.8 Å². The SMILES string of the molecule is COCc1ccccc1C(=O)N1CC[C@@](C)(C(=O)O)C1. The van der Waals surface area contributed by atoms with Gasteiger partial charge in [-0.1, -0.05) is 18.2 Å². The minimum absolute atomic E-state index is 0.123. The lowest BCUT2D eigenvalue weighted by Crippen LogP contribution is -2.35. The summed E-state index contributed by atoms with van der Waals surface area (Å²) in [6.45, 7) is 2.78. The molecule has 1 aliphatic rings. The first kappa shape index (κ1) is 14.5. The lowest BCUT2D eigenvalue weighted by molar-refractivity contribution is -0.147. The van der Waals surface area contributed by atoms with Gasteiger partial charge in [-0.05, 0) is 25.0 Å². The largest absolute Gasteiger partial charge is 0.481 e. The van der Waals surface area contributed by atoms with E-state index in [0.29, 0.717) is 25.1 Å². The molecule has 1 heterocycles. The van der Waals surface area contributed by atoms with E-state index in [1.54, 1.807) is 31.1 Å². The minimum Gasteiger partial charge on any atom is -0.481 e. The fourth-order valence-electron chi connectivity index (χ4n) is 2.49. The first-order valence-electron chi connectivity index (χ1n) is 6.57. The monoisotopic (exact) mass is 277 g/mol. The van der Waals surface area contributed by atoms with Crippen LogP contribution in [-0.4, -0.2) is 42.1 Å². The summed E-state index contributed by atoms with van der Waals surface area (Å²) in [5.74, 6) is -0.972. The molecule has 2 rings (SSSR count). The third-order valence-corrected chi connectivity index (χ3v) is 3.82. The molecular weight excluding hydrogens is 258 g/mol. The Bertz CT molecular complexity index is 528. The molecule has 0 radical (unpaired) electrons. The van der Waals surface area contributed by atoms with E-state index in [1.165, 1.54) is 0 Å². The van der Waals surface area contributed by atoms with Gasteiger partial charge in [0.2, 0.25) is 0 Å². The maximum atomic E-state index is 12.5. The maximum Gasteiger partial charge on any atom is 0.311 e. The van der Waals surface area contributed by atoms with Gasteiger partial charge in [-0.2, -0.15) is 0 Å². The molecule has 5 heteroatoms. The van der Waals surface area contributed by atoms with E-state index in [2.05, 4.69) is 0 Å². The van der Waals surface area contributed by atoms with E-state index in [9.17, 15) is 14.7 Å². The Morgan fingerprint density at radius 3 is 2.70 bits per heavy atom. The van der Waals surface area contributed by atoms with Crippen LogP contribution in [-0.2, 0) is 16.1 Å². The van der Waals surface area contributed by atoms with Gasteiger partial charge in [-0.25, -0.2) is 0 Å². The number of methoxy groups -OCH3 is 1. The number of likely N-dealkylation sites (tertiary alicyclic amines) is 1. The average molecular weight is 277 g/mol. The maximum absolute atomic E-state index is 12.5. The van der Waals surface area contributed by atoms with Crippen LogP contribution in [0.3, 0.4) is 0 Å². The fourth-order valence-corrected chi connectivity index (χ4v) is 2.49. The molecule has 1 saturated heterocycles. The highest BCUT2D eigenvalue weighted by Crippen LogP contribution is 2.31. The molecule has 0 aromatic heterocycles. The second-order valence-corrected chi connectivity index (χ2v) is 5.43. The van der Waals surface area contributed by atoms with E-state index in [-0.39, 0.29) is 12.5 Å². The number of carbonyl (C=O) groups is 2. The minimum atomic E-state index is -0.849. The molecule has 0 aliphatic carbocycles. The van der Waals surface area contributed by atoms with Gasteiger partial charge < -0.3 is 14.7 Å². The number of hydrogen-bond donors (Lipinski definition) is 1. The van der Waals surface area contributed by atoms with Gasteiger partial charge >= 0.3 is 5.97 Å². The normalized spacial score (nSPS) is 22.0. The van der Waals surface area contributed by atoms with Gasteiger partial charge in [-0.3, -0.25) is 9.59 Å². The fraction of sp³-hybridized carbons (Fsp3) is 0.467. The molecule has 108 valence electrons. The van der Waals surface area contributed by atoms with Crippen LogP contribution in [0.1, 0.15) is 29.3 Å². The van der Waals surface area contributed by atoms with E-state index in [1.807, 2.05) is 12.1 Å². The van der Waals surface area contributed by atoms with Gasteiger partial charge in [0.1, 0.15) is 0 Å². The predicted molar refractivity (Wildman–Crippen MR) is 73.4 cm³/mol. The molecule has 20 heavy (non-hydrogen) atoms. The van der Waals surface area contributed by atoms with E-state index >= 15 is 0 Å². The number of carboxylic acid groups (broad SMARTS) is 1. The summed E-state index contributed by atoms with van der Waals surface area (Å²) in [5.41, 5.74) is 0.569. The van der Waals surface area contributed by atoms with Gasteiger partial charge in [0.15, 0.2) is 0 Å². The Hall–Kier alpha value is -1.88. The molecule has 0 bridgehead atoms. The molecule has 1 amide bonds. The van der Waals surface area contributed by atoms with Crippen molar-refractivity contribution < 1.29 is 19.4 Å². The van der Waals surface area contributed by atoms with Crippen LogP contribution in [0, 0.1) is 5.41 Å². The molecule has 1 atom stereocenters. The summed E-state index contributed by atoms with van der Waals surface area (Å²) in [5, 5.41) is 9.22. The zero-order valence-electron chi connectivity index (χ0n) is 11.8. The summed E-state index contributed by atoms with van der Waals surface area (Å²) in [6.07, 6.45) is 0.487. The Balaban J connectivity index is 2.19. The van der Waals surface area contributed by atoms with E-state index in [0.717, 1.165) is 5.56 Å². The van der Waals surface area contributed by atoms with Crippen molar-refractivity contribution in [3.63, 3.8) is 0 Å². The number of carboxylic acids is 1. The quantitative estimate of drug-likeness (QED) is 0.910. The van der Waals surface area contributed by atoms with E-state index < -0.39 is 11.4 Å². The molecule has 0 spiro atoms. The number of ether oxygens (including phenoxy) is 1. The summed E-state index contributed by atoms with van der Waals surface area (Å²) in [6, 6.07) is 7.27. The summed E-state index contributed by atoms with van der Waals surface area (Å²) >= 11 is 0. The molecule has 1 aliphatic heterocycles. The van der Waals surface area contributed by atoms with Gasteiger partial charge in [0.25, 0.3) is 5.91 Å². The predicted octanol–water partition coefficient (Wildman–Crippen LogP) is 1.77. The smallest absolute Gasteiger partial charge is 0.311 e. The van der Waals surface area contributed by atoms with Crippen LogP contribution in [0.2, 0.25) is 0 Å². The Kier molecular flexibility index (Phi) is 4.09. The standard InChI is InChI=1S/C15H19NO4/c1-15(14(18)19)7-8-16(10-15)13(17)12-6-4-3-5-11(12)9-20-2/h3-6H,7-10H2,1-2H3,(H,18,19)/t15-/m1/s1. The Labute approximate surface area is 118 Å². The molecule has 0 unspecified atom stereocenters. The number of carbonyl (C=O) groups excluding carboxylic acids is 1. The highest BCUT2D eigenvalue weighted by molar-refractivity contribution is 5.96. The first-order chi connectivity index (χ1) is 9.48. The summed E-state index contributed by atoms with van der Waals surface area (Å²) in [4.78, 5) is 25.4. The van der Waals surface area contributed by atoms with Crippen LogP contribution in [0.25, 0.3) is 0 Å². The molecule has 1 fully saturated rings. The van der Waals surface area contributed by atoms with Crippen molar-refractivity contribution in [1.29, 1.82) is 0 Å². The van der Waals surface area contributed by atoms with Crippen molar-refractivity contribution >= 4 is 11.9 Å². The number of nitrogens with zero attached hydrogens (tertiary/aromatic N) is 1. The molecule has 1 N–H and O–H groups in total. The average Bonchev–Trinajstić information content (AvgIpc) is 2.83. The lowest BCUT2D eigenvalue weighted by atomic mass is 9.90. The van der Waals surface area contributed by atoms with Crippen LogP contribution < -0.4 is 0 Å². The van der Waals surface area contributed by atoms with Crippen LogP contribution in [0.15, 0.2) is 24.3 Å². The highest BCUT2D eigenvalue weighted by Gasteiger charge is 2.42. The van der Waals surface area contributed by atoms with Crippen LogP contribution in [0.5, 0.6) is 0 Å². The van der Waals surface area contributed by atoms with Crippen molar-refractivity contribution in [2.45, 2.75) is 20.0 Å². The first-order valence-corrected chi connectivity index (χ1v) is 6.57. The summed E-state index contributed by atoms with van der Waals surface area (Å²) in [7, 11) is 1.58. The van der Waals surface area contributed by atoms with Crippen molar-refractivity contribution in [3.8, 4) is 0 Å². The van der Waals surface area contributed by atoms with Gasteiger partial charge in [-0.15, -0.1) is 0 Å². The number of aliphatic carboxylic acids is 1. The number of benzene rings is 1. The third kappa shape index (κ3) is 2.67. The summed E-state index contributed by atoms with van der Waals surface area (Å²) < 4.78 is 5.10. The van der Waals surface area contributed by atoms with Gasteiger partial charge in [0.05, 0.1) is 12.0 Å². The zero-order chi connectivity index (χ0) is 14.8. The second kappa shape index (κ2) is 5.63. The zero-order valence-corrected chi connectivity index (χ0v) is 11.8. The lowest BCUT2D eigenvalue weighted by Gasteiger charge is -2.21. The van der Waals surface area contributed by atoms with Crippen LogP contribution >= 0.6 is 0 Å². The Morgan fingerprint density at radius 1 is 1.40 bits per heavy atom. The van der Waals surface area contributed by atoms with Crippen molar-refractivity contribution in [1.82, 2.24) is 4.90 Å². The van der Waals surface area contributed by atoms with Crippen LogP contribution in [0.4, 0.5) is 0 Å². The molecule has 1 aromatic rings. The van der Waals surface area contributed by atoms with Crippen molar-refractivity contribution in [3.05, 3.63) is 35.4 Å². The highest BCUT2D eigenvalue weighted by atomic mass is 16.5. The van der Waals surface area contributed by atoms with Crippen molar-refractivity contribution in [2.75, 3.05) is 20.2 Å². The molecular formula is C15H19NO4. The van der Waals surface area contributed by atoms with E-state index in [4.69, 9.17) is 4.74 Å². The molecule has 5 nitrogen and oxygen atoms in total. The molecule has 0 saturated carbocycles. The third-order valence-electron chi connectivity index (χ3n) is 3.82. The topological polar surface area (TPSA) is 66.8 Å². The number of amides is 1. The number of rotatable bonds is 4. The number of hydrogen-bond acceptors (Lipinski definition) is 3. The second-order valence-electron chi connectivity index (χ2n) is 5.43.